The number of carbonyl (C=O) groups is 1. The summed E-state index contributed by atoms with van der Waals surface area (Å²) in [4.78, 5) is 11.6. The lowest BCUT2D eigenvalue weighted by Gasteiger charge is -2.13. The van der Waals surface area contributed by atoms with Gasteiger partial charge >= 0.3 is 0 Å². The lowest BCUT2D eigenvalue weighted by molar-refractivity contribution is 0.0997. The van der Waals surface area contributed by atoms with Crippen molar-refractivity contribution in [2.24, 2.45) is 5.92 Å². The van der Waals surface area contributed by atoms with Crippen LogP contribution < -0.4 is 0 Å². The monoisotopic (exact) mass is 254 g/mol. The standard InChI is InChI=1S/C14H14N4O/c15-7-5-13(11-3-1-2-4-11)18-10-12(9-17-18)14(19)6-8-16/h5,9-11H,1-4,6H2. The van der Waals surface area contributed by atoms with E-state index in [4.69, 9.17) is 10.5 Å². The van der Waals surface area contributed by atoms with E-state index in [2.05, 4.69) is 5.10 Å². The molecule has 0 aromatic carbocycles. The van der Waals surface area contributed by atoms with E-state index in [1.165, 1.54) is 12.3 Å². The van der Waals surface area contributed by atoms with E-state index in [0.29, 0.717) is 11.5 Å². The Morgan fingerprint density at radius 3 is 2.84 bits per heavy atom. The van der Waals surface area contributed by atoms with E-state index in [1.807, 2.05) is 12.1 Å². The maximum absolute atomic E-state index is 11.6. The molecule has 1 aromatic rings. The van der Waals surface area contributed by atoms with Crippen molar-refractivity contribution in [3.8, 4) is 12.1 Å². The highest BCUT2D eigenvalue weighted by atomic mass is 16.1. The number of nitriles is 2. The molecule has 96 valence electrons. The van der Waals surface area contributed by atoms with Gasteiger partial charge in [-0.3, -0.25) is 4.79 Å². The molecule has 0 amide bonds. The Hall–Kier alpha value is -2.40. The molecular weight excluding hydrogens is 240 g/mol. The third-order valence-corrected chi connectivity index (χ3v) is 3.39. The summed E-state index contributed by atoms with van der Waals surface area (Å²) in [6.07, 6.45) is 8.85. The van der Waals surface area contributed by atoms with Gasteiger partial charge in [0.05, 0.1) is 36.0 Å². The van der Waals surface area contributed by atoms with Crippen LogP contribution in [-0.4, -0.2) is 15.6 Å². The molecule has 1 aromatic heterocycles. The first-order valence-corrected chi connectivity index (χ1v) is 6.31. The van der Waals surface area contributed by atoms with Gasteiger partial charge in [0.2, 0.25) is 0 Å². The van der Waals surface area contributed by atoms with E-state index < -0.39 is 0 Å². The number of aromatic nitrogens is 2. The molecule has 0 radical (unpaired) electrons. The zero-order valence-corrected chi connectivity index (χ0v) is 10.5. The number of Topliss-reactive ketones (excluding diaryl/α,β-unsaturated/α-hetero) is 1. The van der Waals surface area contributed by atoms with Gasteiger partial charge in [-0.2, -0.15) is 15.6 Å². The molecule has 1 aliphatic carbocycles. The van der Waals surface area contributed by atoms with E-state index in [1.54, 1.807) is 10.9 Å². The van der Waals surface area contributed by atoms with Crippen molar-refractivity contribution in [1.29, 1.82) is 10.5 Å². The van der Waals surface area contributed by atoms with Crippen molar-refractivity contribution in [3.05, 3.63) is 24.0 Å². The van der Waals surface area contributed by atoms with Gasteiger partial charge in [0, 0.05) is 18.2 Å². The van der Waals surface area contributed by atoms with Gasteiger partial charge in [-0.15, -0.1) is 0 Å². The molecule has 1 aliphatic rings. The van der Waals surface area contributed by atoms with Crippen LogP contribution in [0.4, 0.5) is 0 Å². The van der Waals surface area contributed by atoms with Crippen molar-refractivity contribution >= 4 is 11.5 Å². The van der Waals surface area contributed by atoms with Gasteiger partial charge in [0.25, 0.3) is 0 Å². The summed E-state index contributed by atoms with van der Waals surface area (Å²) in [6, 6.07) is 3.88. The maximum Gasteiger partial charge on any atom is 0.180 e. The molecule has 2 rings (SSSR count). The third kappa shape index (κ3) is 2.89. The Morgan fingerprint density at radius 1 is 1.47 bits per heavy atom. The predicted molar refractivity (Wildman–Crippen MR) is 68.6 cm³/mol. The summed E-state index contributed by atoms with van der Waals surface area (Å²) >= 11 is 0. The van der Waals surface area contributed by atoms with Crippen molar-refractivity contribution in [2.75, 3.05) is 0 Å². The van der Waals surface area contributed by atoms with Crippen molar-refractivity contribution in [3.63, 3.8) is 0 Å². The van der Waals surface area contributed by atoms with Crippen LogP contribution in [0.5, 0.6) is 0 Å². The lowest BCUT2D eigenvalue weighted by atomic mass is 10.0. The molecule has 1 heterocycles. The number of hydrogen-bond acceptors (Lipinski definition) is 4. The Bertz CT molecular complexity index is 579. The van der Waals surface area contributed by atoms with Crippen LogP contribution in [0.25, 0.3) is 5.70 Å². The van der Waals surface area contributed by atoms with Gasteiger partial charge in [-0.05, 0) is 12.8 Å². The van der Waals surface area contributed by atoms with Crippen LogP contribution in [0, 0.1) is 28.6 Å². The normalized spacial score (nSPS) is 16.0. The maximum atomic E-state index is 11.6. The van der Waals surface area contributed by atoms with E-state index in [9.17, 15) is 4.79 Å². The Kier molecular flexibility index (Phi) is 4.10. The SMILES string of the molecule is N#CC=C(C1CCCC1)n1cc(C(=O)CC#N)cn1. The number of allylic oxidation sites excluding steroid dienone is 2. The second-order valence-electron chi connectivity index (χ2n) is 4.61. The quantitative estimate of drug-likeness (QED) is 0.610. The zero-order chi connectivity index (χ0) is 13.7. The van der Waals surface area contributed by atoms with Crippen LogP contribution in [0.3, 0.4) is 0 Å². The molecule has 0 unspecified atom stereocenters. The Labute approximate surface area is 111 Å². The first-order valence-electron chi connectivity index (χ1n) is 6.31. The molecule has 0 aliphatic heterocycles. The van der Waals surface area contributed by atoms with Crippen LogP contribution in [0.1, 0.15) is 42.5 Å². The highest BCUT2D eigenvalue weighted by Gasteiger charge is 2.22. The highest BCUT2D eigenvalue weighted by molar-refractivity contribution is 5.97. The predicted octanol–water partition coefficient (Wildman–Crippen LogP) is 2.53. The Morgan fingerprint density at radius 2 is 2.21 bits per heavy atom. The molecule has 0 saturated heterocycles. The fraction of sp³-hybridized carbons (Fsp3) is 0.429. The summed E-state index contributed by atoms with van der Waals surface area (Å²) in [5.74, 6) is 0.0925. The zero-order valence-electron chi connectivity index (χ0n) is 10.5. The first kappa shape index (κ1) is 13.0. The van der Waals surface area contributed by atoms with Gasteiger partial charge in [0.15, 0.2) is 5.78 Å². The van der Waals surface area contributed by atoms with Gasteiger partial charge in [-0.25, -0.2) is 4.68 Å². The second kappa shape index (κ2) is 5.97. The van der Waals surface area contributed by atoms with Crippen molar-refractivity contribution in [1.82, 2.24) is 9.78 Å². The highest BCUT2D eigenvalue weighted by Crippen LogP contribution is 2.33. The molecule has 0 bridgehead atoms. The topological polar surface area (TPSA) is 82.5 Å². The van der Waals surface area contributed by atoms with Crippen LogP contribution in [0.15, 0.2) is 18.5 Å². The van der Waals surface area contributed by atoms with E-state index in [0.717, 1.165) is 31.4 Å². The average molecular weight is 254 g/mol. The molecule has 1 saturated carbocycles. The summed E-state index contributed by atoms with van der Waals surface area (Å²) in [5, 5.41) is 21.5. The Balaban J connectivity index is 2.24. The molecule has 5 nitrogen and oxygen atoms in total. The smallest absolute Gasteiger partial charge is 0.180 e. The molecule has 1 fully saturated rings. The second-order valence-corrected chi connectivity index (χ2v) is 4.61. The van der Waals surface area contributed by atoms with Crippen LogP contribution >= 0.6 is 0 Å². The number of nitrogens with zero attached hydrogens (tertiary/aromatic N) is 4. The number of ketones is 1. The molecule has 5 heteroatoms. The molecule has 0 spiro atoms. The molecule has 0 N–H and O–H groups in total. The molecule has 0 atom stereocenters. The number of rotatable bonds is 4. The minimum atomic E-state index is -0.239. The molecular formula is C14H14N4O. The molecule has 19 heavy (non-hydrogen) atoms. The van der Waals surface area contributed by atoms with E-state index in [-0.39, 0.29) is 12.2 Å². The van der Waals surface area contributed by atoms with Crippen LogP contribution in [0.2, 0.25) is 0 Å². The fourth-order valence-electron chi connectivity index (χ4n) is 2.44. The van der Waals surface area contributed by atoms with Gasteiger partial charge < -0.3 is 0 Å². The van der Waals surface area contributed by atoms with E-state index >= 15 is 0 Å². The van der Waals surface area contributed by atoms with Gasteiger partial charge in [-0.1, -0.05) is 12.8 Å². The summed E-state index contributed by atoms with van der Waals surface area (Å²) < 4.78 is 1.60. The largest absolute Gasteiger partial charge is 0.293 e. The van der Waals surface area contributed by atoms with Gasteiger partial charge in [0.1, 0.15) is 0 Å². The third-order valence-electron chi connectivity index (χ3n) is 3.39. The van der Waals surface area contributed by atoms with Crippen molar-refractivity contribution in [2.45, 2.75) is 32.1 Å². The summed E-state index contributed by atoms with van der Waals surface area (Å²) in [6.45, 7) is 0. The minimum Gasteiger partial charge on any atom is -0.293 e. The van der Waals surface area contributed by atoms with Crippen molar-refractivity contribution < 1.29 is 4.79 Å². The summed E-state index contributed by atoms with van der Waals surface area (Å²) in [5.41, 5.74) is 1.26. The first-order chi connectivity index (χ1) is 9.26. The average Bonchev–Trinajstić information content (AvgIpc) is 3.08. The summed E-state index contributed by atoms with van der Waals surface area (Å²) in [7, 11) is 0. The fourth-order valence-corrected chi connectivity index (χ4v) is 2.44. The minimum absolute atomic E-state index is 0.146. The number of carbonyl (C=O) groups excluding carboxylic acids is 1. The number of hydrogen-bond donors (Lipinski definition) is 0. The van der Waals surface area contributed by atoms with Crippen LogP contribution in [-0.2, 0) is 0 Å². The lowest BCUT2D eigenvalue weighted by Crippen LogP contribution is -2.07.